The second kappa shape index (κ2) is 6.84. The highest BCUT2D eigenvalue weighted by Gasteiger charge is 2.33. The summed E-state index contributed by atoms with van der Waals surface area (Å²) < 4.78 is 14.3. The molecular formula is C22H26FNO2. The van der Waals surface area contributed by atoms with Gasteiger partial charge in [-0.2, -0.15) is 0 Å². The number of amides is 1. The average Bonchev–Trinajstić information content (AvgIpc) is 2.61. The van der Waals surface area contributed by atoms with Crippen molar-refractivity contribution in [1.29, 1.82) is 0 Å². The number of hydrogen-bond donors (Lipinski definition) is 1. The maximum atomic E-state index is 14.3. The second-order valence-corrected chi connectivity index (χ2v) is 7.97. The van der Waals surface area contributed by atoms with E-state index in [1.54, 1.807) is 11.0 Å². The van der Waals surface area contributed by atoms with Gasteiger partial charge in [-0.25, -0.2) is 4.39 Å². The van der Waals surface area contributed by atoms with Crippen LogP contribution in [0.4, 0.5) is 4.39 Å². The molecule has 1 fully saturated rings. The van der Waals surface area contributed by atoms with Crippen LogP contribution in [-0.4, -0.2) is 29.0 Å². The lowest BCUT2D eigenvalue weighted by Gasteiger charge is -2.40. The van der Waals surface area contributed by atoms with E-state index in [0.717, 1.165) is 12.8 Å². The molecule has 1 aliphatic heterocycles. The van der Waals surface area contributed by atoms with Gasteiger partial charge in [0.25, 0.3) is 5.91 Å². The lowest BCUT2D eigenvalue weighted by atomic mass is 9.74. The van der Waals surface area contributed by atoms with Gasteiger partial charge in [0, 0.05) is 24.2 Å². The highest BCUT2D eigenvalue weighted by molar-refractivity contribution is 5.94. The first-order valence-electron chi connectivity index (χ1n) is 9.08. The molecule has 0 saturated carbocycles. The summed E-state index contributed by atoms with van der Waals surface area (Å²) in [6.45, 7) is 6.60. The summed E-state index contributed by atoms with van der Waals surface area (Å²) in [5.74, 6) is -0.698. The van der Waals surface area contributed by atoms with Crippen LogP contribution in [0.5, 0.6) is 0 Å². The molecule has 1 aliphatic rings. The van der Waals surface area contributed by atoms with Gasteiger partial charge in [-0.15, -0.1) is 0 Å². The number of carbonyl (C=O) groups excluding carboxylic acids is 1. The summed E-state index contributed by atoms with van der Waals surface area (Å²) in [4.78, 5) is 14.6. The Morgan fingerprint density at radius 2 is 1.73 bits per heavy atom. The van der Waals surface area contributed by atoms with Crippen LogP contribution in [0.25, 0.3) is 0 Å². The summed E-state index contributed by atoms with van der Waals surface area (Å²) in [5, 5.41) is 9.98. The Balaban J connectivity index is 1.72. The Labute approximate surface area is 154 Å². The Hall–Kier alpha value is -2.20. The van der Waals surface area contributed by atoms with E-state index in [-0.39, 0.29) is 16.9 Å². The highest BCUT2D eigenvalue weighted by Crippen LogP contribution is 2.35. The third-order valence-electron chi connectivity index (χ3n) is 5.50. The molecule has 1 N–H and O–H groups in total. The minimum absolute atomic E-state index is 0.0636. The molecule has 0 aromatic heterocycles. The lowest BCUT2D eigenvalue weighted by molar-refractivity contribution is 0.0668. The van der Waals surface area contributed by atoms with E-state index in [4.69, 9.17) is 0 Å². The lowest BCUT2D eigenvalue weighted by Crippen LogP contribution is -2.44. The maximum Gasteiger partial charge on any atom is 0.253 e. The Kier molecular flexibility index (Phi) is 4.89. The molecule has 1 amide bonds. The first-order valence-corrected chi connectivity index (χ1v) is 9.08. The molecule has 1 heterocycles. The van der Waals surface area contributed by atoms with Crippen LogP contribution in [0, 0.1) is 5.82 Å². The number of carbonyl (C=O) groups is 1. The van der Waals surface area contributed by atoms with Crippen molar-refractivity contribution < 1.29 is 14.3 Å². The molecule has 3 rings (SSSR count). The fraction of sp³-hybridized carbons (Fsp3) is 0.409. The normalized spacial score (nSPS) is 17.2. The van der Waals surface area contributed by atoms with Gasteiger partial charge in [0.15, 0.2) is 0 Å². The van der Waals surface area contributed by atoms with Crippen LogP contribution in [0.1, 0.15) is 55.1 Å². The van der Waals surface area contributed by atoms with E-state index in [1.807, 2.05) is 18.2 Å². The summed E-state index contributed by atoms with van der Waals surface area (Å²) in [5.41, 5.74) is 0.623. The fourth-order valence-electron chi connectivity index (χ4n) is 3.66. The van der Waals surface area contributed by atoms with E-state index < -0.39 is 11.4 Å². The molecule has 26 heavy (non-hydrogen) atoms. The molecule has 0 unspecified atom stereocenters. The van der Waals surface area contributed by atoms with Crippen LogP contribution < -0.4 is 0 Å². The van der Waals surface area contributed by atoms with Gasteiger partial charge in [0.1, 0.15) is 5.82 Å². The molecule has 0 radical (unpaired) electrons. The van der Waals surface area contributed by atoms with Crippen molar-refractivity contribution in [2.75, 3.05) is 13.1 Å². The molecule has 2 aromatic rings. The van der Waals surface area contributed by atoms with Crippen LogP contribution in [-0.2, 0) is 11.0 Å². The summed E-state index contributed by atoms with van der Waals surface area (Å²) >= 11 is 0. The van der Waals surface area contributed by atoms with E-state index in [9.17, 15) is 14.3 Å². The molecule has 0 spiro atoms. The van der Waals surface area contributed by atoms with Crippen molar-refractivity contribution >= 4 is 5.91 Å². The summed E-state index contributed by atoms with van der Waals surface area (Å²) in [6, 6.07) is 14.7. The average molecular weight is 355 g/mol. The molecule has 2 aromatic carbocycles. The van der Waals surface area contributed by atoms with Crippen molar-refractivity contribution in [2.45, 2.75) is 44.6 Å². The number of hydrogen-bond acceptors (Lipinski definition) is 2. The van der Waals surface area contributed by atoms with Crippen LogP contribution in [0.2, 0.25) is 0 Å². The second-order valence-electron chi connectivity index (χ2n) is 7.97. The Bertz CT molecular complexity index is 788. The third-order valence-corrected chi connectivity index (χ3v) is 5.50. The van der Waals surface area contributed by atoms with Gasteiger partial charge in [-0.05, 0) is 49.8 Å². The van der Waals surface area contributed by atoms with Crippen molar-refractivity contribution in [3.05, 3.63) is 71.0 Å². The Morgan fingerprint density at radius 3 is 2.27 bits per heavy atom. The maximum absolute atomic E-state index is 14.3. The van der Waals surface area contributed by atoms with Crippen molar-refractivity contribution in [2.24, 2.45) is 0 Å². The highest BCUT2D eigenvalue weighted by atomic mass is 19.1. The SMILES string of the molecule is CC(C)(O)c1ccc(C(=O)N2CCC(C)(c3ccccc3)CC2)cc1F. The largest absolute Gasteiger partial charge is 0.386 e. The fourth-order valence-corrected chi connectivity index (χ4v) is 3.66. The smallest absolute Gasteiger partial charge is 0.253 e. The van der Waals surface area contributed by atoms with Gasteiger partial charge >= 0.3 is 0 Å². The van der Waals surface area contributed by atoms with Crippen LogP contribution in [0.15, 0.2) is 48.5 Å². The zero-order chi connectivity index (χ0) is 18.9. The zero-order valence-electron chi connectivity index (χ0n) is 15.6. The quantitative estimate of drug-likeness (QED) is 0.894. The number of rotatable bonds is 3. The Morgan fingerprint density at radius 1 is 1.12 bits per heavy atom. The standard InChI is InChI=1S/C22H26FNO2/c1-21(2,26)18-10-9-16(15-19(18)23)20(25)24-13-11-22(3,12-14-24)17-7-5-4-6-8-17/h4-10,15,26H,11-14H2,1-3H3. The molecular weight excluding hydrogens is 329 g/mol. The topological polar surface area (TPSA) is 40.5 Å². The minimum Gasteiger partial charge on any atom is -0.386 e. The van der Waals surface area contributed by atoms with E-state index in [0.29, 0.717) is 18.7 Å². The van der Waals surface area contributed by atoms with E-state index in [1.165, 1.54) is 31.5 Å². The molecule has 3 nitrogen and oxygen atoms in total. The number of piperidine rings is 1. The molecule has 138 valence electrons. The predicted octanol–water partition coefficient (Wildman–Crippen LogP) is 4.25. The van der Waals surface area contributed by atoms with Crippen molar-refractivity contribution in [1.82, 2.24) is 4.90 Å². The predicted molar refractivity (Wildman–Crippen MR) is 101 cm³/mol. The summed E-state index contributed by atoms with van der Waals surface area (Å²) in [7, 11) is 0. The number of aliphatic hydroxyl groups is 1. The monoisotopic (exact) mass is 355 g/mol. The zero-order valence-corrected chi connectivity index (χ0v) is 15.6. The van der Waals surface area contributed by atoms with Gasteiger partial charge in [0.05, 0.1) is 5.60 Å². The third kappa shape index (κ3) is 3.65. The molecule has 0 atom stereocenters. The van der Waals surface area contributed by atoms with Gasteiger partial charge in [0.2, 0.25) is 0 Å². The number of nitrogens with zero attached hydrogens (tertiary/aromatic N) is 1. The number of likely N-dealkylation sites (tertiary alicyclic amines) is 1. The van der Waals surface area contributed by atoms with Crippen LogP contribution in [0.3, 0.4) is 0 Å². The molecule has 0 bridgehead atoms. The van der Waals surface area contributed by atoms with Gasteiger partial charge in [-0.1, -0.05) is 43.3 Å². The van der Waals surface area contributed by atoms with Crippen LogP contribution >= 0.6 is 0 Å². The van der Waals surface area contributed by atoms with Crippen molar-refractivity contribution in [3.63, 3.8) is 0 Å². The molecule has 0 aliphatic carbocycles. The van der Waals surface area contributed by atoms with E-state index >= 15 is 0 Å². The van der Waals surface area contributed by atoms with Crippen molar-refractivity contribution in [3.8, 4) is 0 Å². The summed E-state index contributed by atoms with van der Waals surface area (Å²) in [6.07, 6.45) is 1.76. The van der Waals surface area contributed by atoms with E-state index in [2.05, 4.69) is 19.1 Å². The molecule has 1 saturated heterocycles. The number of benzene rings is 2. The minimum atomic E-state index is -1.27. The first kappa shape index (κ1) is 18.6. The number of halogens is 1. The van der Waals surface area contributed by atoms with Gasteiger partial charge < -0.3 is 10.0 Å². The molecule has 4 heteroatoms. The van der Waals surface area contributed by atoms with Gasteiger partial charge in [-0.3, -0.25) is 4.79 Å². The first-order chi connectivity index (χ1) is 12.2.